The first kappa shape index (κ1) is 33.0. The van der Waals surface area contributed by atoms with Gasteiger partial charge in [-0.1, -0.05) is 139 Å². The number of benzene rings is 6. The summed E-state index contributed by atoms with van der Waals surface area (Å²) in [6.07, 6.45) is 7.21. The lowest BCUT2D eigenvalue weighted by molar-refractivity contribution is 0.333. The molecular formula is C51H51N. The first-order valence-corrected chi connectivity index (χ1v) is 19.5. The van der Waals surface area contributed by atoms with Crippen LogP contribution in [0.4, 0.5) is 17.1 Å². The summed E-state index contributed by atoms with van der Waals surface area (Å²) >= 11 is 0. The van der Waals surface area contributed by atoms with Crippen LogP contribution in [-0.4, -0.2) is 0 Å². The van der Waals surface area contributed by atoms with Crippen molar-refractivity contribution < 1.29 is 0 Å². The highest BCUT2D eigenvalue weighted by Gasteiger charge is 2.39. The van der Waals surface area contributed by atoms with E-state index < -0.39 is 0 Å². The zero-order valence-electron chi connectivity index (χ0n) is 31.8. The Hall–Kier alpha value is -4.88. The van der Waals surface area contributed by atoms with Crippen molar-refractivity contribution in [2.75, 3.05) is 4.90 Å². The Morgan fingerprint density at radius 2 is 1.10 bits per heavy atom. The lowest BCUT2D eigenvalue weighted by Crippen LogP contribution is -2.34. The second kappa shape index (κ2) is 12.1. The third kappa shape index (κ3) is 5.19. The van der Waals surface area contributed by atoms with Crippen LogP contribution in [0.15, 0.2) is 127 Å². The molecule has 0 radical (unpaired) electrons. The molecule has 0 spiro atoms. The highest BCUT2D eigenvalue weighted by atomic mass is 15.1. The molecule has 6 aromatic carbocycles. The predicted molar refractivity (Wildman–Crippen MR) is 221 cm³/mol. The molecule has 0 saturated carbocycles. The molecule has 0 bridgehead atoms. The van der Waals surface area contributed by atoms with Crippen molar-refractivity contribution >= 4 is 17.1 Å². The van der Waals surface area contributed by atoms with Crippen molar-refractivity contribution in [2.24, 2.45) is 0 Å². The zero-order chi connectivity index (χ0) is 35.8. The molecule has 3 aliphatic carbocycles. The van der Waals surface area contributed by atoms with Gasteiger partial charge < -0.3 is 4.90 Å². The van der Waals surface area contributed by atoms with Crippen LogP contribution < -0.4 is 4.90 Å². The second-order valence-corrected chi connectivity index (χ2v) is 17.5. The Kier molecular flexibility index (Phi) is 7.67. The van der Waals surface area contributed by atoms with Gasteiger partial charge in [-0.2, -0.15) is 0 Å². The van der Waals surface area contributed by atoms with E-state index in [1.54, 1.807) is 0 Å². The summed E-state index contributed by atoms with van der Waals surface area (Å²) in [7, 11) is 0. The Bertz CT molecular complexity index is 2320. The molecule has 0 amide bonds. The second-order valence-electron chi connectivity index (χ2n) is 17.5. The molecule has 1 heteroatoms. The summed E-state index contributed by atoms with van der Waals surface area (Å²) in [5, 5.41) is 0. The van der Waals surface area contributed by atoms with E-state index >= 15 is 0 Å². The number of aryl methyl sites for hydroxylation is 1. The fourth-order valence-electron chi connectivity index (χ4n) is 9.91. The number of hydrogen-bond acceptors (Lipinski definition) is 1. The molecule has 0 saturated heterocycles. The van der Waals surface area contributed by atoms with E-state index in [9.17, 15) is 0 Å². The molecule has 260 valence electrons. The number of anilines is 3. The Morgan fingerprint density at radius 1 is 0.462 bits per heavy atom. The van der Waals surface area contributed by atoms with Crippen LogP contribution in [0.1, 0.15) is 101 Å². The lowest BCUT2D eigenvalue weighted by Gasteiger charge is -2.43. The number of para-hydroxylation sites is 1. The quantitative estimate of drug-likeness (QED) is 0.176. The molecule has 9 rings (SSSR count). The van der Waals surface area contributed by atoms with Crippen molar-refractivity contribution in [2.45, 2.75) is 96.3 Å². The molecular weight excluding hydrogens is 627 g/mol. The van der Waals surface area contributed by atoms with Crippen LogP contribution in [0.2, 0.25) is 0 Å². The van der Waals surface area contributed by atoms with Crippen LogP contribution in [0.25, 0.3) is 33.4 Å². The van der Waals surface area contributed by atoms with Gasteiger partial charge in [-0.3, -0.25) is 0 Å². The summed E-state index contributed by atoms with van der Waals surface area (Å²) in [5.41, 5.74) is 20.7. The number of fused-ring (bicyclic) bond motifs is 5. The van der Waals surface area contributed by atoms with E-state index in [2.05, 4.69) is 174 Å². The van der Waals surface area contributed by atoms with Gasteiger partial charge in [0, 0.05) is 22.4 Å². The zero-order valence-corrected chi connectivity index (χ0v) is 31.8. The highest BCUT2D eigenvalue weighted by molar-refractivity contribution is 5.95. The maximum atomic E-state index is 2.57. The van der Waals surface area contributed by atoms with Gasteiger partial charge in [0.15, 0.2) is 0 Å². The lowest BCUT2D eigenvalue weighted by atomic mass is 9.61. The monoisotopic (exact) mass is 677 g/mol. The topological polar surface area (TPSA) is 3.24 Å². The van der Waals surface area contributed by atoms with Gasteiger partial charge >= 0.3 is 0 Å². The van der Waals surface area contributed by atoms with Crippen LogP contribution in [0.3, 0.4) is 0 Å². The molecule has 0 aromatic heterocycles. The molecule has 3 aliphatic rings. The molecule has 6 aromatic rings. The molecule has 0 N–H and O–H groups in total. The number of rotatable bonds is 5. The van der Waals surface area contributed by atoms with E-state index in [0.29, 0.717) is 0 Å². The molecule has 0 fully saturated rings. The highest BCUT2D eigenvalue weighted by Crippen LogP contribution is 2.54. The van der Waals surface area contributed by atoms with Gasteiger partial charge in [0.25, 0.3) is 0 Å². The average molecular weight is 678 g/mol. The maximum Gasteiger partial charge on any atom is 0.0543 e. The summed E-state index contributed by atoms with van der Waals surface area (Å²) < 4.78 is 0. The van der Waals surface area contributed by atoms with E-state index in [-0.39, 0.29) is 16.2 Å². The average Bonchev–Trinajstić information content (AvgIpc) is 3.39. The smallest absolute Gasteiger partial charge is 0.0543 e. The van der Waals surface area contributed by atoms with Gasteiger partial charge in [0.05, 0.1) is 5.69 Å². The summed E-state index contributed by atoms with van der Waals surface area (Å²) in [5.74, 6) is 0. The predicted octanol–water partition coefficient (Wildman–Crippen LogP) is 14.0. The van der Waals surface area contributed by atoms with Crippen molar-refractivity contribution in [1.29, 1.82) is 0 Å². The van der Waals surface area contributed by atoms with Crippen molar-refractivity contribution in [3.63, 3.8) is 0 Å². The Labute approximate surface area is 311 Å². The van der Waals surface area contributed by atoms with Crippen molar-refractivity contribution in [3.05, 3.63) is 161 Å². The van der Waals surface area contributed by atoms with Crippen LogP contribution in [0, 0.1) is 0 Å². The minimum absolute atomic E-state index is 0.103. The van der Waals surface area contributed by atoms with Crippen LogP contribution >= 0.6 is 0 Å². The SMILES string of the molecule is CC1(C)CCC(C)(C)c2c(-c3ccc(-c4cc5c(cc4N(c4ccccc4)c4cccc6c4CCCC6)C(C)(C)c4ccccc4-5)cc3)cccc21. The summed E-state index contributed by atoms with van der Waals surface area (Å²) in [6, 6.07) is 48.7. The normalized spacial score (nSPS) is 17.4. The molecule has 0 heterocycles. The third-order valence-corrected chi connectivity index (χ3v) is 12.9. The summed E-state index contributed by atoms with van der Waals surface area (Å²) in [4.78, 5) is 2.57. The van der Waals surface area contributed by atoms with Gasteiger partial charge in [0.2, 0.25) is 0 Å². The first-order valence-electron chi connectivity index (χ1n) is 19.5. The van der Waals surface area contributed by atoms with Gasteiger partial charge in [0.1, 0.15) is 0 Å². The van der Waals surface area contributed by atoms with Crippen LogP contribution in [-0.2, 0) is 29.1 Å². The fraction of sp³-hybridized carbons (Fsp3) is 0.294. The molecule has 52 heavy (non-hydrogen) atoms. The van der Waals surface area contributed by atoms with Crippen molar-refractivity contribution in [3.8, 4) is 33.4 Å². The molecule has 0 atom stereocenters. The Morgan fingerprint density at radius 3 is 1.88 bits per heavy atom. The van der Waals surface area contributed by atoms with Gasteiger partial charge in [-0.05, 0) is 141 Å². The molecule has 0 unspecified atom stereocenters. The largest absolute Gasteiger partial charge is 0.310 e. The minimum Gasteiger partial charge on any atom is -0.310 e. The van der Waals surface area contributed by atoms with Gasteiger partial charge in [-0.15, -0.1) is 0 Å². The Balaban J connectivity index is 1.27. The number of nitrogens with zero attached hydrogens (tertiary/aromatic N) is 1. The van der Waals surface area contributed by atoms with E-state index in [1.165, 1.54) is 110 Å². The van der Waals surface area contributed by atoms with E-state index in [0.717, 1.165) is 12.8 Å². The van der Waals surface area contributed by atoms with Crippen LogP contribution in [0.5, 0.6) is 0 Å². The number of hydrogen-bond donors (Lipinski definition) is 0. The van der Waals surface area contributed by atoms with Crippen molar-refractivity contribution in [1.82, 2.24) is 0 Å². The maximum absolute atomic E-state index is 2.57. The van der Waals surface area contributed by atoms with E-state index in [4.69, 9.17) is 0 Å². The summed E-state index contributed by atoms with van der Waals surface area (Å²) in [6.45, 7) is 14.5. The molecule has 1 nitrogen and oxygen atoms in total. The minimum atomic E-state index is -0.103. The van der Waals surface area contributed by atoms with E-state index in [1.807, 2.05) is 0 Å². The van der Waals surface area contributed by atoms with Gasteiger partial charge in [-0.25, -0.2) is 0 Å². The molecule has 0 aliphatic heterocycles. The standard InChI is InChI=1S/C51H51N/c1-49(2)30-31-50(3,4)48-39(22-15-24-44(48)49)35-26-28-36(29-27-35)41-32-42-40-21-12-13-23-43(40)51(5,6)45(42)33-47(41)52(37-18-8-7-9-19-37)46-25-14-17-34-16-10-11-20-38(34)46/h7-9,12-15,17-19,21-29,32-33H,10-11,16,20,30-31H2,1-6H3. The third-order valence-electron chi connectivity index (χ3n) is 12.9. The first-order chi connectivity index (χ1) is 25.0. The fourth-order valence-corrected chi connectivity index (χ4v) is 9.91.